The number of hydrogen-bond donors (Lipinski definition) is 0. The van der Waals surface area contributed by atoms with Gasteiger partial charge in [0.2, 0.25) is 0 Å². The highest BCUT2D eigenvalue weighted by Gasteiger charge is 2.50. The van der Waals surface area contributed by atoms with Gasteiger partial charge in [0.25, 0.3) is 0 Å². The first-order chi connectivity index (χ1) is 7.31. The molecule has 3 rings (SSSR count). The first-order valence-electron chi connectivity index (χ1n) is 5.71. The molecule has 0 amide bonds. The summed E-state index contributed by atoms with van der Waals surface area (Å²) in [4.78, 5) is 0. The molecule has 2 fully saturated rings. The Morgan fingerprint density at radius 3 is 2.93 bits per heavy atom. The van der Waals surface area contributed by atoms with Gasteiger partial charge in [0, 0.05) is 10.9 Å². The van der Waals surface area contributed by atoms with E-state index in [1.165, 1.54) is 24.8 Å². The lowest BCUT2D eigenvalue weighted by Gasteiger charge is -2.52. The largest absolute Gasteiger partial charge is 0.369 e. The van der Waals surface area contributed by atoms with Crippen molar-refractivity contribution < 1.29 is 4.74 Å². The maximum atomic E-state index is 6.04. The molecule has 1 aliphatic heterocycles. The molecule has 2 atom stereocenters. The molecule has 0 aromatic heterocycles. The van der Waals surface area contributed by atoms with E-state index in [-0.39, 0.29) is 5.60 Å². The zero-order valence-corrected chi connectivity index (χ0v) is 9.46. The fourth-order valence-corrected chi connectivity index (χ4v) is 3.18. The standard InChI is InChI=1S/C13H15ClO/c14-12-6-3-5-10(8-12)13-7-2-1-4-11(13)9-15-13/h3,5-6,8,11H,1-2,4,7,9H2. The van der Waals surface area contributed by atoms with Crippen molar-refractivity contribution in [1.82, 2.24) is 0 Å². The summed E-state index contributed by atoms with van der Waals surface area (Å²) < 4.78 is 5.90. The van der Waals surface area contributed by atoms with E-state index in [0.29, 0.717) is 0 Å². The first-order valence-corrected chi connectivity index (χ1v) is 6.09. The van der Waals surface area contributed by atoms with E-state index in [4.69, 9.17) is 16.3 Å². The Bertz CT molecular complexity index is 377. The van der Waals surface area contributed by atoms with Crippen molar-refractivity contribution in [2.75, 3.05) is 6.61 Å². The molecule has 2 heteroatoms. The molecule has 1 heterocycles. The van der Waals surface area contributed by atoms with Gasteiger partial charge >= 0.3 is 0 Å². The van der Waals surface area contributed by atoms with Crippen LogP contribution >= 0.6 is 11.6 Å². The lowest BCUT2D eigenvalue weighted by molar-refractivity contribution is -0.230. The van der Waals surface area contributed by atoms with E-state index >= 15 is 0 Å². The summed E-state index contributed by atoms with van der Waals surface area (Å²) in [6.45, 7) is 0.937. The molecule has 1 saturated heterocycles. The first kappa shape index (κ1) is 9.68. The van der Waals surface area contributed by atoms with E-state index in [1.54, 1.807) is 0 Å². The summed E-state index contributed by atoms with van der Waals surface area (Å²) in [5, 5.41) is 0.821. The van der Waals surface area contributed by atoms with Gasteiger partial charge in [-0.15, -0.1) is 0 Å². The highest BCUT2D eigenvalue weighted by atomic mass is 35.5. The third-order valence-electron chi connectivity index (χ3n) is 3.87. The number of rotatable bonds is 1. The molecule has 80 valence electrons. The minimum Gasteiger partial charge on any atom is -0.369 e. The van der Waals surface area contributed by atoms with E-state index in [9.17, 15) is 0 Å². The monoisotopic (exact) mass is 222 g/mol. The molecule has 0 bridgehead atoms. The second-order valence-electron chi connectivity index (χ2n) is 4.65. The maximum absolute atomic E-state index is 6.04. The van der Waals surface area contributed by atoms with Crippen LogP contribution in [0.15, 0.2) is 24.3 Å². The van der Waals surface area contributed by atoms with Crippen molar-refractivity contribution in [3.8, 4) is 0 Å². The summed E-state index contributed by atoms with van der Waals surface area (Å²) in [5.41, 5.74) is 1.30. The van der Waals surface area contributed by atoms with Crippen molar-refractivity contribution in [2.45, 2.75) is 31.3 Å². The van der Waals surface area contributed by atoms with E-state index in [2.05, 4.69) is 12.1 Å². The molecule has 1 aromatic rings. The molecule has 15 heavy (non-hydrogen) atoms. The predicted molar refractivity (Wildman–Crippen MR) is 61.0 cm³/mol. The van der Waals surface area contributed by atoms with Crippen LogP contribution in [-0.4, -0.2) is 6.61 Å². The Hall–Kier alpha value is -0.530. The van der Waals surface area contributed by atoms with Crippen molar-refractivity contribution in [1.29, 1.82) is 0 Å². The summed E-state index contributed by atoms with van der Waals surface area (Å²) in [7, 11) is 0. The molecule has 0 radical (unpaired) electrons. The highest BCUT2D eigenvalue weighted by molar-refractivity contribution is 6.30. The van der Waals surface area contributed by atoms with Gasteiger partial charge in [0.1, 0.15) is 0 Å². The van der Waals surface area contributed by atoms with Gasteiger partial charge in [-0.2, -0.15) is 0 Å². The number of halogens is 1. The van der Waals surface area contributed by atoms with Crippen molar-refractivity contribution in [3.63, 3.8) is 0 Å². The summed E-state index contributed by atoms with van der Waals surface area (Å²) >= 11 is 6.04. The van der Waals surface area contributed by atoms with E-state index in [1.807, 2.05) is 12.1 Å². The van der Waals surface area contributed by atoms with Crippen molar-refractivity contribution in [3.05, 3.63) is 34.9 Å². The lowest BCUT2D eigenvalue weighted by Crippen LogP contribution is -2.52. The summed E-state index contributed by atoms with van der Waals surface area (Å²) in [6, 6.07) is 8.18. The number of fused-ring (bicyclic) bond motifs is 1. The zero-order valence-electron chi connectivity index (χ0n) is 8.71. The zero-order chi connectivity index (χ0) is 10.3. The molecule has 0 N–H and O–H groups in total. The SMILES string of the molecule is Clc1cccc(C23CCCCC2CO3)c1. The molecule has 0 spiro atoms. The molecule has 1 saturated carbocycles. The van der Waals surface area contributed by atoms with Gasteiger partial charge in [-0.1, -0.05) is 36.6 Å². The third kappa shape index (κ3) is 1.41. The van der Waals surface area contributed by atoms with E-state index < -0.39 is 0 Å². The van der Waals surface area contributed by atoms with Gasteiger partial charge in [-0.25, -0.2) is 0 Å². The maximum Gasteiger partial charge on any atom is 0.0981 e. The Kier molecular flexibility index (Phi) is 2.26. The van der Waals surface area contributed by atoms with Gasteiger partial charge in [-0.05, 0) is 30.5 Å². The van der Waals surface area contributed by atoms with Crippen LogP contribution in [0.4, 0.5) is 0 Å². The van der Waals surface area contributed by atoms with E-state index in [0.717, 1.165) is 24.0 Å². The number of hydrogen-bond acceptors (Lipinski definition) is 1. The molecular formula is C13H15ClO. The van der Waals surface area contributed by atoms with Gasteiger partial charge < -0.3 is 4.74 Å². The van der Waals surface area contributed by atoms with Crippen LogP contribution in [0.2, 0.25) is 5.02 Å². The number of benzene rings is 1. The van der Waals surface area contributed by atoms with Crippen molar-refractivity contribution >= 4 is 11.6 Å². The Balaban J connectivity index is 1.98. The quantitative estimate of drug-likeness (QED) is 0.703. The average Bonchev–Trinajstić information content (AvgIpc) is 2.20. The Morgan fingerprint density at radius 2 is 2.27 bits per heavy atom. The van der Waals surface area contributed by atoms with Gasteiger partial charge in [0.05, 0.1) is 12.2 Å². The number of ether oxygens (including phenoxy) is 1. The Labute approximate surface area is 95.4 Å². The minimum absolute atomic E-state index is 0.0170. The molecule has 1 aliphatic carbocycles. The molecule has 1 nitrogen and oxygen atoms in total. The predicted octanol–water partition coefficient (Wildman–Crippen LogP) is 3.76. The summed E-state index contributed by atoms with van der Waals surface area (Å²) in [5.74, 6) is 0.727. The third-order valence-corrected chi connectivity index (χ3v) is 4.10. The second-order valence-corrected chi connectivity index (χ2v) is 5.09. The van der Waals surface area contributed by atoms with Crippen LogP contribution in [-0.2, 0) is 10.3 Å². The normalized spacial score (nSPS) is 34.3. The Morgan fingerprint density at radius 1 is 1.33 bits per heavy atom. The molecular weight excluding hydrogens is 208 g/mol. The van der Waals surface area contributed by atoms with Crippen LogP contribution in [0.3, 0.4) is 0 Å². The van der Waals surface area contributed by atoms with Crippen LogP contribution < -0.4 is 0 Å². The van der Waals surface area contributed by atoms with Crippen LogP contribution in [0.5, 0.6) is 0 Å². The summed E-state index contributed by atoms with van der Waals surface area (Å²) in [6.07, 6.45) is 5.11. The molecule has 1 aromatic carbocycles. The van der Waals surface area contributed by atoms with Gasteiger partial charge in [0.15, 0.2) is 0 Å². The fraction of sp³-hybridized carbons (Fsp3) is 0.538. The van der Waals surface area contributed by atoms with Crippen molar-refractivity contribution in [2.24, 2.45) is 5.92 Å². The van der Waals surface area contributed by atoms with Crippen LogP contribution in [0, 0.1) is 5.92 Å². The topological polar surface area (TPSA) is 9.23 Å². The lowest BCUT2D eigenvalue weighted by atomic mass is 9.68. The highest BCUT2D eigenvalue weighted by Crippen LogP contribution is 2.51. The minimum atomic E-state index is 0.0170. The second kappa shape index (κ2) is 3.50. The van der Waals surface area contributed by atoms with Crippen LogP contribution in [0.25, 0.3) is 0 Å². The molecule has 2 unspecified atom stereocenters. The average molecular weight is 223 g/mol. The fourth-order valence-electron chi connectivity index (χ4n) is 2.99. The molecule has 2 aliphatic rings. The smallest absolute Gasteiger partial charge is 0.0981 e. The van der Waals surface area contributed by atoms with Crippen LogP contribution in [0.1, 0.15) is 31.2 Å². The van der Waals surface area contributed by atoms with Gasteiger partial charge in [-0.3, -0.25) is 0 Å².